The van der Waals surface area contributed by atoms with Crippen LogP contribution in [0.5, 0.6) is 0 Å². The molecular formula is C30H33NO3. The Hall–Kier alpha value is -3.40. The predicted molar refractivity (Wildman–Crippen MR) is 135 cm³/mol. The van der Waals surface area contributed by atoms with Gasteiger partial charge in [-0.05, 0) is 68.0 Å². The molecule has 1 fully saturated rings. The van der Waals surface area contributed by atoms with E-state index >= 15 is 0 Å². The molecule has 4 nitrogen and oxygen atoms in total. The van der Waals surface area contributed by atoms with Gasteiger partial charge in [-0.25, -0.2) is 4.79 Å². The Balaban J connectivity index is 1.39. The van der Waals surface area contributed by atoms with Crippen molar-refractivity contribution in [3.05, 3.63) is 106 Å². The van der Waals surface area contributed by atoms with Crippen molar-refractivity contribution in [1.29, 1.82) is 0 Å². The van der Waals surface area contributed by atoms with E-state index in [2.05, 4.69) is 0 Å². The lowest BCUT2D eigenvalue weighted by Gasteiger charge is -2.26. The van der Waals surface area contributed by atoms with E-state index in [1.807, 2.05) is 91.5 Å². The second-order valence-electron chi connectivity index (χ2n) is 9.47. The molecule has 0 saturated heterocycles. The highest BCUT2D eigenvalue weighted by molar-refractivity contribution is 5.94. The Morgan fingerprint density at radius 3 is 2.09 bits per heavy atom. The third kappa shape index (κ3) is 6.34. The molecule has 0 atom stereocenters. The van der Waals surface area contributed by atoms with Crippen molar-refractivity contribution in [3.8, 4) is 0 Å². The summed E-state index contributed by atoms with van der Waals surface area (Å²) >= 11 is 0. The van der Waals surface area contributed by atoms with Gasteiger partial charge >= 0.3 is 5.97 Å². The second-order valence-corrected chi connectivity index (χ2v) is 9.47. The first-order valence-electron chi connectivity index (χ1n) is 12.2. The zero-order valence-corrected chi connectivity index (χ0v) is 20.1. The molecule has 0 aromatic heterocycles. The minimum atomic E-state index is -0.313. The minimum absolute atomic E-state index is 0.0824. The lowest BCUT2D eigenvalue weighted by molar-refractivity contribution is 0.0472. The number of esters is 1. The Morgan fingerprint density at radius 1 is 0.824 bits per heavy atom. The Kier molecular flexibility index (Phi) is 7.79. The van der Waals surface area contributed by atoms with Gasteiger partial charge in [-0.3, -0.25) is 4.79 Å². The molecule has 1 aliphatic carbocycles. The van der Waals surface area contributed by atoms with Crippen LogP contribution in [0.25, 0.3) is 0 Å². The second kappa shape index (κ2) is 11.1. The van der Waals surface area contributed by atoms with E-state index in [4.69, 9.17) is 4.74 Å². The summed E-state index contributed by atoms with van der Waals surface area (Å²) in [6.45, 7) is 5.54. The summed E-state index contributed by atoms with van der Waals surface area (Å²) in [6, 6.07) is 23.3. The van der Waals surface area contributed by atoms with Crippen LogP contribution in [0.15, 0.2) is 72.8 Å². The van der Waals surface area contributed by atoms with Crippen molar-refractivity contribution >= 4 is 11.9 Å². The number of nitrogens with zero attached hydrogens (tertiary/aromatic N) is 1. The SMILES string of the molecule is Cc1cc(C)cc(C(=O)OCc2ccc(CN(CC3CCCC3)C(=O)c3ccccc3)cc2)c1. The fraction of sp³-hybridized carbons (Fsp3) is 0.333. The lowest BCUT2D eigenvalue weighted by Crippen LogP contribution is -2.34. The lowest BCUT2D eigenvalue weighted by atomic mass is 10.1. The van der Waals surface area contributed by atoms with Crippen molar-refractivity contribution in [2.24, 2.45) is 5.92 Å². The monoisotopic (exact) mass is 455 g/mol. The van der Waals surface area contributed by atoms with Crippen molar-refractivity contribution in [1.82, 2.24) is 4.90 Å². The fourth-order valence-electron chi connectivity index (χ4n) is 4.77. The number of benzene rings is 3. The van der Waals surface area contributed by atoms with E-state index in [1.165, 1.54) is 25.7 Å². The van der Waals surface area contributed by atoms with Gasteiger partial charge in [0, 0.05) is 18.7 Å². The molecule has 0 heterocycles. The van der Waals surface area contributed by atoms with Crippen molar-refractivity contribution < 1.29 is 14.3 Å². The summed E-state index contributed by atoms with van der Waals surface area (Å²) in [6.07, 6.45) is 4.91. The van der Waals surface area contributed by atoms with Crippen molar-refractivity contribution in [3.63, 3.8) is 0 Å². The number of aryl methyl sites for hydroxylation is 2. The quantitative estimate of drug-likeness (QED) is 0.365. The van der Waals surface area contributed by atoms with Crippen LogP contribution < -0.4 is 0 Å². The standard InChI is InChI=1S/C30H33NO3/c1-22-16-23(2)18-28(17-22)30(33)34-21-26-14-12-25(13-15-26)20-31(19-24-8-6-7-9-24)29(32)27-10-4-3-5-11-27/h3-5,10-18,24H,6-9,19-21H2,1-2H3. The van der Waals surface area contributed by atoms with Crippen LogP contribution in [-0.2, 0) is 17.9 Å². The molecule has 34 heavy (non-hydrogen) atoms. The van der Waals surface area contributed by atoms with Crippen LogP contribution in [0.4, 0.5) is 0 Å². The van der Waals surface area contributed by atoms with Gasteiger partial charge < -0.3 is 9.64 Å². The highest BCUT2D eigenvalue weighted by Crippen LogP contribution is 2.27. The smallest absolute Gasteiger partial charge is 0.338 e. The Morgan fingerprint density at radius 2 is 1.44 bits per heavy atom. The summed E-state index contributed by atoms with van der Waals surface area (Å²) < 4.78 is 5.53. The van der Waals surface area contributed by atoms with Crippen LogP contribution in [0.3, 0.4) is 0 Å². The highest BCUT2D eigenvalue weighted by atomic mass is 16.5. The van der Waals surface area contributed by atoms with Crippen molar-refractivity contribution in [2.75, 3.05) is 6.54 Å². The summed E-state index contributed by atoms with van der Waals surface area (Å²) in [5, 5.41) is 0. The molecule has 0 aliphatic heterocycles. The van der Waals surface area contributed by atoms with Crippen LogP contribution in [0.2, 0.25) is 0 Å². The topological polar surface area (TPSA) is 46.6 Å². The first-order chi connectivity index (χ1) is 16.5. The molecule has 0 spiro atoms. The molecule has 4 rings (SSSR count). The molecular weight excluding hydrogens is 422 g/mol. The maximum Gasteiger partial charge on any atom is 0.338 e. The summed E-state index contributed by atoms with van der Waals surface area (Å²) in [5.41, 5.74) is 5.41. The molecule has 0 bridgehead atoms. The zero-order chi connectivity index (χ0) is 23.9. The number of carbonyl (C=O) groups is 2. The van der Waals surface area contributed by atoms with E-state index in [0.29, 0.717) is 18.0 Å². The highest BCUT2D eigenvalue weighted by Gasteiger charge is 2.23. The van der Waals surface area contributed by atoms with E-state index in [9.17, 15) is 9.59 Å². The number of hydrogen-bond acceptors (Lipinski definition) is 3. The number of rotatable bonds is 8. The third-order valence-electron chi connectivity index (χ3n) is 6.49. The molecule has 3 aromatic rings. The van der Waals surface area contributed by atoms with Crippen LogP contribution in [-0.4, -0.2) is 23.3 Å². The molecule has 4 heteroatoms. The van der Waals surface area contributed by atoms with E-state index in [1.54, 1.807) is 0 Å². The molecule has 0 unspecified atom stereocenters. The van der Waals surface area contributed by atoms with Gasteiger partial charge in [-0.2, -0.15) is 0 Å². The molecule has 1 aliphatic rings. The Bertz CT molecular complexity index is 1100. The summed E-state index contributed by atoms with van der Waals surface area (Å²) in [7, 11) is 0. The number of ether oxygens (including phenoxy) is 1. The van der Waals surface area contributed by atoms with Gasteiger partial charge in [0.05, 0.1) is 5.56 Å². The van der Waals surface area contributed by atoms with Gasteiger partial charge in [0.1, 0.15) is 6.61 Å². The molecule has 1 saturated carbocycles. The summed E-state index contributed by atoms with van der Waals surface area (Å²) in [4.78, 5) is 27.7. The first kappa shape index (κ1) is 23.7. The van der Waals surface area contributed by atoms with E-state index < -0.39 is 0 Å². The van der Waals surface area contributed by atoms with Gasteiger partial charge in [0.2, 0.25) is 0 Å². The first-order valence-corrected chi connectivity index (χ1v) is 12.2. The van der Waals surface area contributed by atoms with E-state index in [-0.39, 0.29) is 18.5 Å². The van der Waals surface area contributed by atoms with Crippen LogP contribution >= 0.6 is 0 Å². The largest absolute Gasteiger partial charge is 0.457 e. The molecule has 1 amide bonds. The van der Waals surface area contributed by atoms with Gasteiger partial charge in [-0.1, -0.05) is 72.5 Å². The average molecular weight is 456 g/mol. The summed E-state index contributed by atoms with van der Waals surface area (Å²) in [5.74, 6) is 0.350. The van der Waals surface area contributed by atoms with Crippen molar-refractivity contribution in [2.45, 2.75) is 52.7 Å². The molecule has 0 radical (unpaired) electrons. The van der Waals surface area contributed by atoms with Gasteiger partial charge in [0.25, 0.3) is 5.91 Å². The minimum Gasteiger partial charge on any atom is -0.457 e. The van der Waals surface area contributed by atoms with Gasteiger partial charge in [-0.15, -0.1) is 0 Å². The fourth-order valence-corrected chi connectivity index (χ4v) is 4.77. The maximum atomic E-state index is 13.2. The normalized spacial score (nSPS) is 13.6. The molecule has 3 aromatic carbocycles. The number of amides is 1. The predicted octanol–water partition coefficient (Wildman–Crippen LogP) is 6.49. The average Bonchev–Trinajstić information content (AvgIpc) is 3.35. The van der Waals surface area contributed by atoms with Gasteiger partial charge in [0.15, 0.2) is 0 Å². The van der Waals surface area contributed by atoms with Crippen LogP contribution in [0.1, 0.15) is 68.7 Å². The Labute approximate surface area is 202 Å². The number of hydrogen-bond donors (Lipinski definition) is 0. The number of carbonyl (C=O) groups excluding carboxylic acids is 2. The molecule has 0 N–H and O–H groups in total. The third-order valence-corrected chi connectivity index (χ3v) is 6.49. The van der Waals surface area contributed by atoms with Crippen LogP contribution in [0, 0.1) is 19.8 Å². The molecule has 176 valence electrons. The maximum absolute atomic E-state index is 13.2. The zero-order valence-electron chi connectivity index (χ0n) is 20.1. The van der Waals surface area contributed by atoms with E-state index in [0.717, 1.165) is 34.4 Å².